The van der Waals surface area contributed by atoms with E-state index in [4.69, 9.17) is 10.5 Å². The molecule has 0 aliphatic rings. The van der Waals surface area contributed by atoms with Gasteiger partial charge in [0.2, 0.25) is 0 Å². The highest BCUT2D eigenvalue weighted by Gasteiger charge is 1.80. The van der Waals surface area contributed by atoms with E-state index in [2.05, 4.69) is 24.3 Å². The summed E-state index contributed by atoms with van der Waals surface area (Å²) >= 11 is 0. The second kappa shape index (κ2) is 11.5. The Labute approximate surface area is 86.2 Å². The molecule has 2 nitrogen and oxygen atoms in total. The summed E-state index contributed by atoms with van der Waals surface area (Å²) in [7, 11) is 0. The smallest absolute Gasteiger partial charge is 0.0624 e. The molecule has 0 saturated carbocycles. The third-order valence-corrected chi connectivity index (χ3v) is 1.68. The third kappa shape index (κ3) is 10.5. The number of hydrogen-bond donors (Lipinski definition) is 0. The van der Waals surface area contributed by atoms with Crippen molar-refractivity contribution in [2.75, 3.05) is 0 Å². The summed E-state index contributed by atoms with van der Waals surface area (Å²) < 4.78 is 0. The van der Waals surface area contributed by atoms with E-state index in [9.17, 15) is 0 Å². The number of allylic oxidation sites excluding steroid dienone is 4. The molecule has 0 fully saturated rings. The molecule has 0 heterocycles. The highest BCUT2D eigenvalue weighted by molar-refractivity contribution is 4.90. The van der Waals surface area contributed by atoms with Crippen molar-refractivity contribution in [2.24, 2.45) is 0 Å². The zero-order chi connectivity index (χ0) is 10.5. The molecular weight excluding hydrogens is 172 g/mol. The number of nitriles is 2. The fraction of sp³-hybridized carbons (Fsp3) is 0.500. The Morgan fingerprint density at radius 1 is 0.643 bits per heavy atom. The molecule has 14 heavy (non-hydrogen) atoms. The molecule has 0 unspecified atom stereocenters. The van der Waals surface area contributed by atoms with Gasteiger partial charge in [0, 0.05) is 12.8 Å². The summed E-state index contributed by atoms with van der Waals surface area (Å²) in [5.74, 6) is 0. The molecule has 0 aliphatic carbocycles. The summed E-state index contributed by atoms with van der Waals surface area (Å²) in [6, 6.07) is 4.19. The Morgan fingerprint density at radius 3 is 1.36 bits per heavy atom. The van der Waals surface area contributed by atoms with Crippen molar-refractivity contribution in [1.29, 1.82) is 10.5 Å². The molecule has 0 N–H and O–H groups in total. The molecule has 0 aromatic carbocycles. The second-order valence-corrected chi connectivity index (χ2v) is 2.91. The molecule has 2 heteroatoms. The Kier molecular flexibility index (Phi) is 10.2. The Morgan fingerprint density at radius 2 is 1.00 bits per heavy atom. The van der Waals surface area contributed by atoms with Gasteiger partial charge in [-0.3, -0.25) is 0 Å². The third-order valence-electron chi connectivity index (χ3n) is 1.68. The van der Waals surface area contributed by atoms with Gasteiger partial charge in [-0.25, -0.2) is 0 Å². The van der Waals surface area contributed by atoms with Crippen LogP contribution >= 0.6 is 0 Å². The summed E-state index contributed by atoms with van der Waals surface area (Å²) in [5, 5.41) is 16.5. The average Bonchev–Trinajstić information content (AvgIpc) is 2.21. The second-order valence-electron chi connectivity index (χ2n) is 2.91. The largest absolute Gasteiger partial charge is 0.198 e. The van der Waals surface area contributed by atoms with Crippen LogP contribution in [0.15, 0.2) is 24.3 Å². The van der Waals surface area contributed by atoms with Crippen LogP contribution in [0.25, 0.3) is 0 Å². The van der Waals surface area contributed by atoms with Gasteiger partial charge in [0.1, 0.15) is 0 Å². The Bertz CT molecular complexity index is 222. The first kappa shape index (κ1) is 12.5. The SMILES string of the molecule is N#CCC/C=C\CC/C=C\CCC#N. The fourth-order valence-corrected chi connectivity index (χ4v) is 0.960. The van der Waals surface area contributed by atoms with Crippen LogP contribution in [0, 0.1) is 22.7 Å². The molecule has 0 rings (SSSR count). The summed E-state index contributed by atoms with van der Waals surface area (Å²) in [5.41, 5.74) is 0. The van der Waals surface area contributed by atoms with Crippen LogP contribution < -0.4 is 0 Å². The van der Waals surface area contributed by atoms with E-state index in [1.807, 2.05) is 12.2 Å². The van der Waals surface area contributed by atoms with E-state index in [0.29, 0.717) is 12.8 Å². The van der Waals surface area contributed by atoms with Gasteiger partial charge in [-0.2, -0.15) is 10.5 Å². The van der Waals surface area contributed by atoms with Crippen LogP contribution in [0.2, 0.25) is 0 Å². The fourth-order valence-electron chi connectivity index (χ4n) is 0.960. The molecular formula is C12H16N2. The molecule has 0 amide bonds. The zero-order valence-electron chi connectivity index (χ0n) is 8.45. The summed E-state index contributed by atoms with van der Waals surface area (Å²) in [4.78, 5) is 0. The minimum Gasteiger partial charge on any atom is -0.198 e. The number of rotatable bonds is 7. The lowest BCUT2D eigenvalue weighted by molar-refractivity contribution is 0.991. The predicted molar refractivity (Wildman–Crippen MR) is 57.2 cm³/mol. The maximum atomic E-state index is 8.27. The molecule has 0 aromatic rings. The molecule has 0 aliphatic heterocycles. The van der Waals surface area contributed by atoms with Gasteiger partial charge in [-0.15, -0.1) is 0 Å². The maximum absolute atomic E-state index is 8.27. The van der Waals surface area contributed by atoms with Crippen molar-refractivity contribution in [3.63, 3.8) is 0 Å². The molecule has 0 spiro atoms. The first-order chi connectivity index (χ1) is 6.91. The van der Waals surface area contributed by atoms with Crippen molar-refractivity contribution in [2.45, 2.75) is 38.5 Å². The van der Waals surface area contributed by atoms with Crippen molar-refractivity contribution >= 4 is 0 Å². The average molecular weight is 188 g/mol. The van der Waals surface area contributed by atoms with Crippen LogP contribution in [0.1, 0.15) is 38.5 Å². The van der Waals surface area contributed by atoms with E-state index >= 15 is 0 Å². The van der Waals surface area contributed by atoms with Gasteiger partial charge in [0.15, 0.2) is 0 Å². The maximum Gasteiger partial charge on any atom is 0.0624 e. The van der Waals surface area contributed by atoms with Crippen molar-refractivity contribution in [3.05, 3.63) is 24.3 Å². The van der Waals surface area contributed by atoms with Crippen LogP contribution in [-0.2, 0) is 0 Å². The van der Waals surface area contributed by atoms with E-state index in [1.54, 1.807) is 0 Å². The highest BCUT2D eigenvalue weighted by Crippen LogP contribution is 1.97. The zero-order valence-corrected chi connectivity index (χ0v) is 8.45. The normalized spacial score (nSPS) is 10.4. The van der Waals surface area contributed by atoms with E-state index < -0.39 is 0 Å². The van der Waals surface area contributed by atoms with Gasteiger partial charge in [-0.1, -0.05) is 24.3 Å². The summed E-state index contributed by atoms with van der Waals surface area (Å²) in [6.45, 7) is 0. The number of unbranched alkanes of at least 4 members (excludes halogenated alkanes) is 3. The highest BCUT2D eigenvalue weighted by atomic mass is 14.2. The molecule has 0 saturated heterocycles. The lowest BCUT2D eigenvalue weighted by atomic mass is 10.2. The first-order valence-electron chi connectivity index (χ1n) is 4.95. The van der Waals surface area contributed by atoms with Gasteiger partial charge in [0.05, 0.1) is 12.1 Å². The lowest BCUT2D eigenvalue weighted by Gasteiger charge is -1.87. The van der Waals surface area contributed by atoms with Gasteiger partial charge in [0.25, 0.3) is 0 Å². The molecule has 0 radical (unpaired) electrons. The standard InChI is InChI=1S/C12H16N2/c13-11-9-7-5-3-1-2-4-6-8-10-12-14/h3-6H,1-2,7-10H2/b5-3-,6-4-. The quantitative estimate of drug-likeness (QED) is 0.453. The predicted octanol–water partition coefficient (Wildman–Crippen LogP) is 3.49. The first-order valence-corrected chi connectivity index (χ1v) is 4.95. The Balaban J connectivity index is 3.21. The monoisotopic (exact) mass is 188 g/mol. The van der Waals surface area contributed by atoms with Crippen molar-refractivity contribution in [3.8, 4) is 12.1 Å². The minimum absolute atomic E-state index is 0.606. The van der Waals surface area contributed by atoms with Crippen LogP contribution in [0.4, 0.5) is 0 Å². The lowest BCUT2D eigenvalue weighted by Crippen LogP contribution is -1.68. The van der Waals surface area contributed by atoms with Gasteiger partial charge < -0.3 is 0 Å². The van der Waals surface area contributed by atoms with Gasteiger partial charge >= 0.3 is 0 Å². The molecule has 0 bridgehead atoms. The Hall–Kier alpha value is -1.54. The van der Waals surface area contributed by atoms with Crippen molar-refractivity contribution < 1.29 is 0 Å². The number of hydrogen-bond acceptors (Lipinski definition) is 2. The molecule has 0 aromatic heterocycles. The van der Waals surface area contributed by atoms with E-state index in [0.717, 1.165) is 25.7 Å². The van der Waals surface area contributed by atoms with Crippen LogP contribution in [0.3, 0.4) is 0 Å². The number of nitrogens with zero attached hydrogens (tertiary/aromatic N) is 2. The minimum atomic E-state index is 0.606. The van der Waals surface area contributed by atoms with E-state index in [1.165, 1.54) is 0 Å². The molecule has 74 valence electrons. The van der Waals surface area contributed by atoms with Crippen LogP contribution in [-0.4, -0.2) is 0 Å². The van der Waals surface area contributed by atoms with Crippen LogP contribution in [0.5, 0.6) is 0 Å². The van der Waals surface area contributed by atoms with Crippen molar-refractivity contribution in [1.82, 2.24) is 0 Å². The summed E-state index contributed by atoms with van der Waals surface area (Å²) in [6.07, 6.45) is 13.3. The molecule has 0 atom stereocenters. The van der Waals surface area contributed by atoms with E-state index in [-0.39, 0.29) is 0 Å². The topological polar surface area (TPSA) is 47.6 Å². The van der Waals surface area contributed by atoms with Gasteiger partial charge in [-0.05, 0) is 25.7 Å².